The van der Waals surface area contributed by atoms with Crippen molar-refractivity contribution in [3.63, 3.8) is 0 Å². The number of hydrogen-bond acceptors (Lipinski definition) is 6. The highest BCUT2D eigenvalue weighted by molar-refractivity contribution is 7.22. The Labute approximate surface area is 171 Å². The number of nitrogens with zero attached hydrogens (tertiary/aromatic N) is 4. The fourth-order valence-electron chi connectivity index (χ4n) is 2.63. The number of hydrogen-bond donors (Lipinski definition) is 0. The molecule has 0 aliphatic heterocycles. The largest absolute Gasteiger partial charge is 0.308 e. The highest BCUT2D eigenvalue weighted by atomic mass is 35.5. The van der Waals surface area contributed by atoms with E-state index in [1.165, 1.54) is 23.5 Å². The van der Waals surface area contributed by atoms with Crippen molar-refractivity contribution in [2.45, 2.75) is 6.42 Å². The van der Waals surface area contributed by atoms with Gasteiger partial charge in [0.1, 0.15) is 0 Å². The molecule has 0 aliphatic rings. The first-order valence-electron chi connectivity index (χ1n) is 8.58. The minimum absolute atomic E-state index is 0.00344. The van der Waals surface area contributed by atoms with E-state index in [4.69, 9.17) is 11.6 Å². The van der Waals surface area contributed by atoms with Gasteiger partial charge in [0.25, 0.3) is 5.69 Å². The Morgan fingerprint density at radius 1 is 1.18 bits per heavy atom. The number of likely N-dealkylation sites (N-methyl/N-ethyl adjacent to an activating group) is 1. The molecule has 0 bridgehead atoms. The summed E-state index contributed by atoms with van der Waals surface area (Å²) in [6.07, 6.45) is 0.141. The third-order valence-electron chi connectivity index (χ3n) is 4.14. The normalized spacial score (nSPS) is 11.1. The lowest BCUT2D eigenvalue weighted by molar-refractivity contribution is -0.384. The Balaban J connectivity index is 1.85. The first kappa shape index (κ1) is 20.2. The van der Waals surface area contributed by atoms with Gasteiger partial charge in [-0.05, 0) is 37.9 Å². The van der Waals surface area contributed by atoms with Crippen LogP contribution in [0.15, 0.2) is 42.5 Å². The van der Waals surface area contributed by atoms with Gasteiger partial charge in [0.2, 0.25) is 5.91 Å². The maximum Gasteiger partial charge on any atom is 0.269 e. The van der Waals surface area contributed by atoms with Crippen molar-refractivity contribution in [1.82, 2.24) is 9.88 Å². The number of nitro groups is 1. The molecular weight excluding hydrogens is 400 g/mol. The third kappa shape index (κ3) is 4.83. The number of nitro benzene ring substituents is 1. The maximum absolute atomic E-state index is 13.0. The SMILES string of the molecule is CN(C)CCN(C(=O)Cc1ccc([N+](=O)[O-])cc1)c1nc2ccc(Cl)cc2s1. The molecule has 0 saturated heterocycles. The lowest BCUT2D eigenvalue weighted by atomic mass is 10.1. The molecule has 3 aromatic rings. The summed E-state index contributed by atoms with van der Waals surface area (Å²) in [5.41, 5.74) is 1.51. The summed E-state index contributed by atoms with van der Waals surface area (Å²) in [6, 6.07) is 11.5. The van der Waals surface area contributed by atoms with Crippen molar-refractivity contribution in [1.29, 1.82) is 0 Å². The van der Waals surface area contributed by atoms with Crippen molar-refractivity contribution < 1.29 is 9.72 Å². The molecule has 0 spiro atoms. The Morgan fingerprint density at radius 2 is 1.89 bits per heavy atom. The van der Waals surface area contributed by atoms with Crippen LogP contribution in [0.25, 0.3) is 10.2 Å². The van der Waals surface area contributed by atoms with E-state index in [2.05, 4.69) is 4.98 Å². The lowest BCUT2D eigenvalue weighted by Gasteiger charge is -2.22. The molecule has 1 aromatic heterocycles. The Morgan fingerprint density at radius 3 is 2.54 bits per heavy atom. The first-order chi connectivity index (χ1) is 13.3. The summed E-state index contributed by atoms with van der Waals surface area (Å²) in [7, 11) is 3.88. The van der Waals surface area contributed by atoms with Gasteiger partial charge in [-0.1, -0.05) is 35.1 Å². The second-order valence-electron chi connectivity index (χ2n) is 6.56. The summed E-state index contributed by atoms with van der Waals surface area (Å²) in [6.45, 7) is 1.18. The van der Waals surface area contributed by atoms with Gasteiger partial charge in [0.05, 0.1) is 21.6 Å². The van der Waals surface area contributed by atoms with Gasteiger partial charge in [-0.15, -0.1) is 0 Å². The minimum atomic E-state index is -0.457. The summed E-state index contributed by atoms with van der Waals surface area (Å²) in [5.74, 6) is -0.110. The summed E-state index contributed by atoms with van der Waals surface area (Å²) < 4.78 is 0.917. The third-order valence-corrected chi connectivity index (χ3v) is 5.42. The van der Waals surface area contributed by atoms with Gasteiger partial charge in [0.15, 0.2) is 5.13 Å². The molecular formula is C19H19ClN4O3S. The number of thiazole rings is 1. The van der Waals surface area contributed by atoms with Gasteiger partial charge < -0.3 is 4.90 Å². The molecule has 3 rings (SSSR count). The van der Waals surface area contributed by atoms with E-state index in [0.717, 1.165) is 15.8 Å². The fourth-order valence-corrected chi connectivity index (χ4v) is 3.92. The van der Waals surface area contributed by atoms with Crippen LogP contribution < -0.4 is 4.90 Å². The maximum atomic E-state index is 13.0. The quantitative estimate of drug-likeness (QED) is 0.428. The fraction of sp³-hybridized carbons (Fsp3) is 0.263. The molecule has 0 radical (unpaired) electrons. The summed E-state index contributed by atoms with van der Waals surface area (Å²) in [5, 5.41) is 12.0. The lowest BCUT2D eigenvalue weighted by Crippen LogP contribution is -2.37. The van der Waals surface area contributed by atoms with Gasteiger partial charge in [-0.25, -0.2) is 4.98 Å². The van der Waals surface area contributed by atoms with Crippen LogP contribution in [0.3, 0.4) is 0 Å². The van der Waals surface area contributed by atoms with E-state index in [9.17, 15) is 14.9 Å². The number of fused-ring (bicyclic) bond motifs is 1. The number of non-ortho nitro benzene ring substituents is 1. The van der Waals surface area contributed by atoms with Crippen LogP contribution in [0.2, 0.25) is 5.02 Å². The number of benzene rings is 2. The van der Waals surface area contributed by atoms with Crippen LogP contribution in [0, 0.1) is 10.1 Å². The van der Waals surface area contributed by atoms with E-state index >= 15 is 0 Å². The second kappa shape index (κ2) is 8.64. The van der Waals surface area contributed by atoms with Crippen molar-refractivity contribution in [2.24, 2.45) is 0 Å². The number of rotatable bonds is 7. The average molecular weight is 419 g/mol. The highest BCUT2D eigenvalue weighted by Crippen LogP contribution is 2.31. The zero-order valence-corrected chi connectivity index (χ0v) is 17.0. The molecule has 1 amide bonds. The van der Waals surface area contributed by atoms with Crippen LogP contribution >= 0.6 is 22.9 Å². The van der Waals surface area contributed by atoms with Crippen LogP contribution in [0.5, 0.6) is 0 Å². The Hall–Kier alpha value is -2.55. The highest BCUT2D eigenvalue weighted by Gasteiger charge is 2.20. The number of aromatic nitrogens is 1. The Kier molecular flexibility index (Phi) is 6.23. The predicted molar refractivity (Wildman–Crippen MR) is 112 cm³/mol. The molecule has 28 heavy (non-hydrogen) atoms. The van der Waals surface area contributed by atoms with Crippen molar-refractivity contribution in [2.75, 3.05) is 32.1 Å². The molecule has 0 N–H and O–H groups in total. The second-order valence-corrected chi connectivity index (χ2v) is 8.00. The average Bonchev–Trinajstić information content (AvgIpc) is 3.04. The van der Waals surface area contributed by atoms with E-state index in [1.54, 1.807) is 23.1 Å². The molecule has 146 valence electrons. The van der Waals surface area contributed by atoms with E-state index < -0.39 is 4.92 Å². The van der Waals surface area contributed by atoms with E-state index in [1.807, 2.05) is 31.1 Å². The summed E-state index contributed by atoms with van der Waals surface area (Å²) >= 11 is 7.48. The van der Waals surface area contributed by atoms with Crippen molar-refractivity contribution >= 4 is 49.9 Å². The topological polar surface area (TPSA) is 79.6 Å². The predicted octanol–water partition coefficient (Wildman–Crippen LogP) is 4.00. The van der Waals surface area contributed by atoms with Crippen molar-refractivity contribution in [3.8, 4) is 0 Å². The zero-order chi connectivity index (χ0) is 20.3. The van der Waals surface area contributed by atoms with Crippen molar-refractivity contribution in [3.05, 3.63) is 63.2 Å². The smallest absolute Gasteiger partial charge is 0.269 e. The van der Waals surface area contributed by atoms with Gasteiger partial charge in [0, 0.05) is 30.2 Å². The van der Waals surface area contributed by atoms with Crippen LogP contribution in [-0.2, 0) is 11.2 Å². The molecule has 0 saturated carbocycles. The minimum Gasteiger partial charge on any atom is -0.308 e. The molecule has 7 nitrogen and oxygen atoms in total. The number of carbonyl (C=O) groups excluding carboxylic acids is 1. The number of carbonyl (C=O) groups is 1. The number of anilines is 1. The van der Waals surface area contributed by atoms with Gasteiger partial charge >= 0.3 is 0 Å². The molecule has 0 unspecified atom stereocenters. The van der Waals surface area contributed by atoms with Crippen LogP contribution in [0.4, 0.5) is 10.8 Å². The standard InChI is InChI=1S/C19H19ClN4O3S/c1-22(2)9-10-23(19-21-16-8-5-14(20)12-17(16)28-19)18(25)11-13-3-6-15(7-4-13)24(26)27/h3-8,12H,9-11H2,1-2H3. The zero-order valence-electron chi connectivity index (χ0n) is 15.5. The molecule has 0 fully saturated rings. The molecule has 0 atom stereocenters. The van der Waals surface area contributed by atoms with Gasteiger partial charge in [-0.3, -0.25) is 19.8 Å². The molecule has 9 heteroatoms. The molecule has 1 heterocycles. The monoisotopic (exact) mass is 418 g/mol. The van der Waals surface area contributed by atoms with Gasteiger partial charge in [-0.2, -0.15) is 0 Å². The number of halogens is 1. The molecule has 2 aromatic carbocycles. The van der Waals surface area contributed by atoms with Crippen LogP contribution in [-0.4, -0.2) is 47.9 Å². The molecule has 0 aliphatic carbocycles. The first-order valence-corrected chi connectivity index (χ1v) is 9.77. The summed E-state index contributed by atoms with van der Waals surface area (Å²) in [4.78, 5) is 31.6. The van der Waals surface area contributed by atoms with Crippen LogP contribution in [0.1, 0.15) is 5.56 Å². The number of amides is 1. The van der Waals surface area contributed by atoms with E-state index in [-0.39, 0.29) is 18.0 Å². The van der Waals surface area contributed by atoms with E-state index in [0.29, 0.717) is 23.2 Å². The Bertz CT molecular complexity index is 1000.